The molecule has 122 valence electrons. The van der Waals surface area contributed by atoms with Gasteiger partial charge < -0.3 is 20.1 Å². The largest absolute Gasteiger partial charge is 0.445 e. The smallest absolute Gasteiger partial charge is 0.407 e. The van der Waals surface area contributed by atoms with Gasteiger partial charge in [-0.25, -0.2) is 4.79 Å². The molecule has 0 spiro atoms. The fraction of sp³-hybridized carbons (Fsp3) is 0.588. The summed E-state index contributed by atoms with van der Waals surface area (Å²) in [7, 11) is 0. The Morgan fingerprint density at radius 2 is 2.05 bits per heavy atom. The fourth-order valence-corrected chi connectivity index (χ4v) is 2.64. The molecule has 1 aromatic rings. The van der Waals surface area contributed by atoms with Crippen LogP contribution >= 0.6 is 0 Å². The van der Waals surface area contributed by atoms with Crippen molar-refractivity contribution in [3.05, 3.63) is 35.9 Å². The zero-order chi connectivity index (χ0) is 15.8. The van der Waals surface area contributed by atoms with Gasteiger partial charge in [0.2, 0.25) is 0 Å². The van der Waals surface area contributed by atoms with Gasteiger partial charge in [-0.1, -0.05) is 37.3 Å². The Morgan fingerprint density at radius 1 is 1.36 bits per heavy atom. The molecule has 1 heterocycles. The predicted molar refractivity (Wildman–Crippen MR) is 85.5 cm³/mol. The molecular weight excluding hydrogens is 280 g/mol. The molecule has 5 nitrogen and oxygen atoms in total. The molecule has 2 rings (SSSR count). The summed E-state index contributed by atoms with van der Waals surface area (Å²) in [4.78, 5) is 14.1. The second-order valence-corrected chi connectivity index (χ2v) is 6.07. The summed E-state index contributed by atoms with van der Waals surface area (Å²) in [5.41, 5.74) is 0.947. The molecule has 22 heavy (non-hydrogen) atoms. The highest BCUT2D eigenvalue weighted by molar-refractivity contribution is 5.67. The number of aliphatic hydroxyl groups excluding tert-OH is 1. The molecule has 0 saturated carbocycles. The van der Waals surface area contributed by atoms with E-state index in [4.69, 9.17) is 4.74 Å². The van der Waals surface area contributed by atoms with Crippen LogP contribution in [0, 0.1) is 5.92 Å². The maximum Gasteiger partial charge on any atom is 0.407 e. The Balaban J connectivity index is 1.71. The predicted octanol–water partition coefficient (Wildman–Crippen LogP) is 2.01. The van der Waals surface area contributed by atoms with E-state index in [1.807, 2.05) is 30.3 Å². The lowest BCUT2D eigenvalue weighted by atomic mass is 9.99. The number of hydrogen-bond donors (Lipinski definition) is 2. The third-order valence-corrected chi connectivity index (χ3v) is 4.11. The SMILES string of the molecule is CC1CCN(CC(CO)NC(=O)OCc2ccccc2)CC1. The second-order valence-electron chi connectivity index (χ2n) is 6.07. The molecule has 1 aromatic carbocycles. The monoisotopic (exact) mass is 306 g/mol. The molecule has 1 amide bonds. The number of carbonyl (C=O) groups is 1. The number of nitrogens with zero attached hydrogens (tertiary/aromatic N) is 1. The Kier molecular flexibility index (Phi) is 6.68. The van der Waals surface area contributed by atoms with Gasteiger partial charge in [-0.15, -0.1) is 0 Å². The van der Waals surface area contributed by atoms with Gasteiger partial charge in [-0.3, -0.25) is 0 Å². The number of rotatable bonds is 6. The summed E-state index contributed by atoms with van der Waals surface area (Å²) in [5, 5.41) is 12.2. The van der Waals surface area contributed by atoms with E-state index in [1.54, 1.807) is 0 Å². The molecular formula is C17H26N2O3. The topological polar surface area (TPSA) is 61.8 Å². The molecule has 0 bridgehead atoms. The van der Waals surface area contributed by atoms with E-state index in [-0.39, 0.29) is 19.3 Å². The van der Waals surface area contributed by atoms with Gasteiger partial charge >= 0.3 is 6.09 Å². The van der Waals surface area contributed by atoms with Gasteiger partial charge in [-0.2, -0.15) is 0 Å². The summed E-state index contributed by atoms with van der Waals surface area (Å²) in [5.74, 6) is 0.771. The van der Waals surface area contributed by atoms with Gasteiger partial charge in [0.1, 0.15) is 6.61 Å². The van der Waals surface area contributed by atoms with Crippen molar-refractivity contribution in [1.82, 2.24) is 10.2 Å². The normalized spacial score (nSPS) is 17.9. The van der Waals surface area contributed by atoms with Crippen LogP contribution in [0.25, 0.3) is 0 Å². The average Bonchev–Trinajstić information content (AvgIpc) is 2.55. The lowest BCUT2D eigenvalue weighted by Crippen LogP contribution is -2.47. The molecule has 0 radical (unpaired) electrons. The minimum Gasteiger partial charge on any atom is -0.445 e. The van der Waals surface area contributed by atoms with Crippen molar-refractivity contribution in [1.29, 1.82) is 0 Å². The molecule has 5 heteroatoms. The first kappa shape index (κ1) is 16.8. The number of benzene rings is 1. The van der Waals surface area contributed by atoms with Crippen LogP contribution in [0.15, 0.2) is 30.3 Å². The fourth-order valence-electron chi connectivity index (χ4n) is 2.64. The minimum absolute atomic E-state index is 0.0769. The Bertz CT molecular complexity index is 444. The maximum absolute atomic E-state index is 11.8. The molecule has 1 fully saturated rings. The third-order valence-electron chi connectivity index (χ3n) is 4.11. The number of nitrogens with one attached hydrogen (secondary N) is 1. The van der Waals surface area contributed by atoms with Gasteiger partial charge in [0.15, 0.2) is 0 Å². The minimum atomic E-state index is -0.478. The number of likely N-dealkylation sites (tertiary alicyclic amines) is 1. The van der Waals surface area contributed by atoms with Crippen LogP contribution in [0.2, 0.25) is 0 Å². The molecule has 2 N–H and O–H groups in total. The van der Waals surface area contributed by atoms with E-state index in [0.29, 0.717) is 6.54 Å². The molecule has 0 aliphatic carbocycles. The number of hydrogen-bond acceptors (Lipinski definition) is 4. The summed E-state index contributed by atoms with van der Waals surface area (Å²) in [6.45, 7) is 5.15. The number of amides is 1. The number of ether oxygens (including phenoxy) is 1. The van der Waals surface area contributed by atoms with Gasteiger partial charge in [0.05, 0.1) is 12.6 Å². The average molecular weight is 306 g/mol. The zero-order valence-corrected chi connectivity index (χ0v) is 13.2. The van der Waals surface area contributed by atoms with E-state index < -0.39 is 6.09 Å². The number of piperidine rings is 1. The first-order valence-electron chi connectivity index (χ1n) is 7.98. The highest BCUT2D eigenvalue weighted by atomic mass is 16.5. The highest BCUT2D eigenvalue weighted by Gasteiger charge is 2.20. The van der Waals surface area contributed by atoms with E-state index in [2.05, 4.69) is 17.1 Å². The molecule has 1 atom stereocenters. The maximum atomic E-state index is 11.8. The van der Waals surface area contributed by atoms with Gasteiger partial charge in [0, 0.05) is 6.54 Å². The number of carbonyl (C=O) groups excluding carboxylic acids is 1. The molecule has 1 saturated heterocycles. The quantitative estimate of drug-likeness (QED) is 0.844. The Morgan fingerprint density at radius 3 is 2.68 bits per heavy atom. The van der Waals surface area contributed by atoms with Crippen LogP contribution in [0.4, 0.5) is 4.79 Å². The summed E-state index contributed by atoms with van der Waals surface area (Å²) in [6, 6.07) is 9.27. The van der Waals surface area contributed by atoms with Crippen molar-refractivity contribution >= 4 is 6.09 Å². The number of aliphatic hydroxyl groups is 1. The van der Waals surface area contributed by atoms with Crippen LogP contribution in [0.5, 0.6) is 0 Å². The first-order valence-corrected chi connectivity index (χ1v) is 7.98. The number of alkyl carbamates (subject to hydrolysis) is 1. The van der Waals surface area contributed by atoms with Crippen LogP contribution in [-0.4, -0.2) is 48.4 Å². The van der Waals surface area contributed by atoms with E-state index in [0.717, 1.165) is 24.6 Å². The lowest BCUT2D eigenvalue weighted by molar-refractivity contribution is 0.114. The molecule has 1 aliphatic heterocycles. The van der Waals surface area contributed by atoms with Crippen molar-refractivity contribution in [2.75, 3.05) is 26.2 Å². The highest BCUT2D eigenvalue weighted by Crippen LogP contribution is 2.15. The van der Waals surface area contributed by atoms with Crippen LogP contribution in [-0.2, 0) is 11.3 Å². The van der Waals surface area contributed by atoms with Crippen LogP contribution in [0.3, 0.4) is 0 Å². The standard InChI is InChI=1S/C17H26N2O3/c1-14-7-9-19(10-8-14)11-16(12-20)18-17(21)22-13-15-5-3-2-4-6-15/h2-6,14,16,20H,7-13H2,1H3,(H,18,21). The van der Waals surface area contributed by atoms with E-state index >= 15 is 0 Å². The third kappa shape index (κ3) is 5.66. The van der Waals surface area contributed by atoms with Crippen LogP contribution < -0.4 is 5.32 Å². The summed E-state index contributed by atoms with van der Waals surface area (Å²) >= 11 is 0. The zero-order valence-electron chi connectivity index (χ0n) is 13.2. The Hall–Kier alpha value is -1.59. The Labute approximate surface area is 132 Å². The van der Waals surface area contributed by atoms with Gasteiger partial charge in [-0.05, 0) is 37.4 Å². The van der Waals surface area contributed by atoms with Crippen molar-refractivity contribution in [3.63, 3.8) is 0 Å². The van der Waals surface area contributed by atoms with Crippen LogP contribution in [0.1, 0.15) is 25.3 Å². The van der Waals surface area contributed by atoms with Crippen molar-refractivity contribution in [2.24, 2.45) is 5.92 Å². The van der Waals surface area contributed by atoms with Crippen molar-refractivity contribution in [3.8, 4) is 0 Å². The molecule has 0 aromatic heterocycles. The lowest BCUT2D eigenvalue weighted by Gasteiger charge is -2.32. The second kappa shape index (κ2) is 8.76. The van der Waals surface area contributed by atoms with Crippen molar-refractivity contribution in [2.45, 2.75) is 32.4 Å². The van der Waals surface area contributed by atoms with E-state index in [9.17, 15) is 9.90 Å². The summed E-state index contributed by atoms with van der Waals surface area (Å²) in [6.07, 6.45) is 1.88. The summed E-state index contributed by atoms with van der Waals surface area (Å²) < 4.78 is 5.19. The van der Waals surface area contributed by atoms with Crippen molar-refractivity contribution < 1.29 is 14.6 Å². The van der Waals surface area contributed by atoms with Gasteiger partial charge in [0.25, 0.3) is 0 Å². The van der Waals surface area contributed by atoms with E-state index in [1.165, 1.54) is 12.8 Å². The molecule has 1 aliphatic rings. The molecule has 1 unspecified atom stereocenters. The first-order chi connectivity index (χ1) is 10.7.